The van der Waals surface area contributed by atoms with Gasteiger partial charge in [0.1, 0.15) is 11.4 Å². The lowest BCUT2D eigenvalue weighted by Crippen LogP contribution is -2.27. The smallest absolute Gasteiger partial charge is 0.412 e. The summed E-state index contributed by atoms with van der Waals surface area (Å²) in [6, 6.07) is 4.41. The van der Waals surface area contributed by atoms with Crippen molar-refractivity contribution in [1.82, 2.24) is 0 Å². The van der Waals surface area contributed by atoms with Crippen LogP contribution in [0.1, 0.15) is 20.8 Å². The number of rotatable bonds is 1. The number of nitrogens with one attached hydrogen (secondary N) is 1. The maximum Gasteiger partial charge on any atom is 0.412 e. The number of amides is 1. The number of aromatic hydroxyl groups is 1. The molecule has 1 rings (SSSR count). The largest absolute Gasteiger partial charge is 0.506 e. The number of halogens is 1. The Hall–Kier alpha value is -1.42. The van der Waals surface area contributed by atoms with Crippen LogP contribution in [0.2, 0.25) is 5.02 Å². The molecule has 5 heteroatoms. The molecular weight excluding hydrogens is 230 g/mol. The van der Waals surface area contributed by atoms with Gasteiger partial charge in [0.15, 0.2) is 0 Å². The first-order valence-corrected chi connectivity index (χ1v) is 5.14. The maximum atomic E-state index is 11.4. The van der Waals surface area contributed by atoms with Gasteiger partial charge in [0.05, 0.1) is 5.69 Å². The van der Waals surface area contributed by atoms with E-state index in [1.54, 1.807) is 26.8 Å². The van der Waals surface area contributed by atoms with Gasteiger partial charge in [-0.2, -0.15) is 0 Å². The third kappa shape index (κ3) is 3.98. The molecule has 0 spiro atoms. The number of ether oxygens (including phenoxy) is 1. The Morgan fingerprint density at radius 1 is 1.44 bits per heavy atom. The Bertz CT molecular complexity index is 399. The molecule has 4 nitrogen and oxygen atoms in total. The third-order valence-electron chi connectivity index (χ3n) is 1.60. The fraction of sp³-hybridized carbons (Fsp3) is 0.364. The van der Waals surface area contributed by atoms with Gasteiger partial charge in [-0.1, -0.05) is 11.6 Å². The SMILES string of the molecule is CC(C)(C)OC(=O)Nc1ccc(Cl)cc1O. The molecule has 2 N–H and O–H groups in total. The fourth-order valence-electron chi connectivity index (χ4n) is 1.02. The summed E-state index contributed by atoms with van der Waals surface area (Å²) < 4.78 is 5.03. The van der Waals surface area contributed by atoms with E-state index in [1.807, 2.05) is 0 Å². The van der Waals surface area contributed by atoms with Crippen molar-refractivity contribution in [2.75, 3.05) is 5.32 Å². The third-order valence-corrected chi connectivity index (χ3v) is 1.83. The standard InChI is InChI=1S/C11H14ClNO3/c1-11(2,3)16-10(15)13-8-5-4-7(12)6-9(8)14/h4-6,14H,1-3H3,(H,13,15). The van der Waals surface area contributed by atoms with Crippen LogP contribution in [0.3, 0.4) is 0 Å². The number of hydrogen-bond donors (Lipinski definition) is 2. The zero-order valence-corrected chi connectivity index (χ0v) is 10.1. The van der Waals surface area contributed by atoms with E-state index in [1.165, 1.54) is 12.1 Å². The van der Waals surface area contributed by atoms with Gasteiger partial charge in [0.2, 0.25) is 0 Å². The summed E-state index contributed by atoms with van der Waals surface area (Å²) in [7, 11) is 0. The van der Waals surface area contributed by atoms with E-state index >= 15 is 0 Å². The van der Waals surface area contributed by atoms with Gasteiger partial charge in [-0.3, -0.25) is 5.32 Å². The lowest BCUT2D eigenvalue weighted by atomic mass is 10.2. The molecule has 0 bridgehead atoms. The molecule has 0 saturated heterocycles. The highest BCUT2D eigenvalue weighted by atomic mass is 35.5. The Morgan fingerprint density at radius 2 is 2.06 bits per heavy atom. The van der Waals surface area contributed by atoms with Crippen molar-refractivity contribution in [3.05, 3.63) is 23.2 Å². The van der Waals surface area contributed by atoms with Crippen molar-refractivity contribution in [2.24, 2.45) is 0 Å². The second-order valence-corrected chi connectivity index (χ2v) is 4.72. The summed E-state index contributed by atoms with van der Waals surface area (Å²) in [5.74, 6) is -0.0987. The quantitative estimate of drug-likeness (QED) is 0.744. The maximum absolute atomic E-state index is 11.4. The average molecular weight is 244 g/mol. The fourth-order valence-corrected chi connectivity index (χ4v) is 1.19. The minimum absolute atomic E-state index is 0.0987. The van der Waals surface area contributed by atoms with Crippen LogP contribution < -0.4 is 5.32 Å². The van der Waals surface area contributed by atoms with Crippen molar-refractivity contribution >= 4 is 23.4 Å². The summed E-state index contributed by atoms with van der Waals surface area (Å²) >= 11 is 5.66. The molecule has 0 unspecified atom stereocenters. The molecule has 0 heterocycles. The van der Waals surface area contributed by atoms with Gasteiger partial charge in [-0.05, 0) is 32.9 Å². The van der Waals surface area contributed by atoms with Gasteiger partial charge < -0.3 is 9.84 Å². The number of anilines is 1. The van der Waals surface area contributed by atoms with Crippen molar-refractivity contribution in [2.45, 2.75) is 26.4 Å². The van der Waals surface area contributed by atoms with Crippen LogP contribution in [0.4, 0.5) is 10.5 Å². The highest BCUT2D eigenvalue weighted by molar-refractivity contribution is 6.30. The van der Waals surface area contributed by atoms with Gasteiger partial charge in [-0.25, -0.2) is 4.79 Å². The molecule has 0 fully saturated rings. The first-order valence-electron chi connectivity index (χ1n) is 4.76. The monoisotopic (exact) mass is 243 g/mol. The minimum atomic E-state index is -0.620. The summed E-state index contributed by atoms with van der Waals surface area (Å²) in [6.07, 6.45) is -0.620. The summed E-state index contributed by atoms with van der Waals surface area (Å²) in [6.45, 7) is 5.27. The predicted molar refractivity (Wildman–Crippen MR) is 63.0 cm³/mol. The van der Waals surface area contributed by atoms with E-state index in [4.69, 9.17) is 16.3 Å². The lowest BCUT2D eigenvalue weighted by Gasteiger charge is -2.19. The minimum Gasteiger partial charge on any atom is -0.506 e. The first-order chi connectivity index (χ1) is 7.28. The van der Waals surface area contributed by atoms with Gasteiger partial charge in [-0.15, -0.1) is 0 Å². The molecule has 0 aromatic heterocycles. The van der Waals surface area contributed by atoms with Crippen molar-refractivity contribution in [3.8, 4) is 5.75 Å². The normalized spacial score (nSPS) is 11.0. The number of phenolic OH excluding ortho intramolecular Hbond substituents is 1. The number of carbonyl (C=O) groups excluding carboxylic acids is 1. The molecule has 0 aliphatic rings. The molecule has 1 amide bonds. The lowest BCUT2D eigenvalue weighted by molar-refractivity contribution is 0.0635. The van der Waals surface area contributed by atoms with Crippen LogP contribution >= 0.6 is 11.6 Å². The number of carbonyl (C=O) groups is 1. The predicted octanol–water partition coefficient (Wildman–Crippen LogP) is 3.39. The Morgan fingerprint density at radius 3 is 2.56 bits per heavy atom. The van der Waals surface area contributed by atoms with Gasteiger partial charge in [0.25, 0.3) is 0 Å². The number of phenols is 1. The zero-order valence-electron chi connectivity index (χ0n) is 9.37. The van der Waals surface area contributed by atoms with E-state index in [9.17, 15) is 9.90 Å². The molecule has 16 heavy (non-hydrogen) atoms. The first kappa shape index (κ1) is 12.6. The Balaban J connectivity index is 2.70. The molecule has 0 radical (unpaired) electrons. The number of benzene rings is 1. The van der Waals surface area contributed by atoms with E-state index in [2.05, 4.69) is 5.32 Å². The van der Waals surface area contributed by atoms with Gasteiger partial charge in [0, 0.05) is 11.1 Å². The average Bonchev–Trinajstić information content (AvgIpc) is 2.06. The molecular formula is C11H14ClNO3. The van der Waals surface area contributed by atoms with Crippen LogP contribution in [-0.4, -0.2) is 16.8 Å². The molecule has 0 saturated carbocycles. The van der Waals surface area contributed by atoms with E-state index in [-0.39, 0.29) is 11.4 Å². The highest BCUT2D eigenvalue weighted by Gasteiger charge is 2.17. The number of hydrogen-bond acceptors (Lipinski definition) is 3. The summed E-state index contributed by atoms with van der Waals surface area (Å²) in [5.41, 5.74) is -0.315. The summed E-state index contributed by atoms with van der Waals surface area (Å²) in [4.78, 5) is 11.4. The Labute approximate surface area is 99.2 Å². The second-order valence-electron chi connectivity index (χ2n) is 4.29. The van der Waals surface area contributed by atoms with E-state index in [0.717, 1.165) is 0 Å². The van der Waals surface area contributed by atoms with E-state index in [0.29, 0.717) is 5.02 Å². The second kappa shape index (κ2) is 4.61. The Kier molecular flexibility index (Phi) is 3.65. The van der Waals surface area contributed by atoms with Crippen LogP contribution in [0.5, 0.6) is 5.75 Å². The summed E-state index contributed by atoms with van der Waals surface area (Å²) in [5, 5.41) is 12.3. The molecule has 0 aliphatic carbocycles. The molecule has 88 valence electrons. The van der Waals surface area contributed by atoms with Crippen LogP contribution in [0, 0.1) is 0 Å². The molecule has 1 aromatic rings. The van der Waals surface area contributed by atoms with E-state index < -0.39 is 11.7 Å². The topological polar surface area (TPSA) is 58.6 Å². The van der Waals surface area contributed by atoms with Crippen LogP contribution in [-0.2, 0) is 4.74 Å². The highest BCUT2D eigenvalue weighted by Crippen LogP contribution is 2.26. The molecule has 0 aliphatic heterocycles. The molecule has 1 aromatic carbocycles. The van der Waals surface area contributed by atoms with Crippen molar-refractivity contribution in [1.29, 1.82) is 0 Å². The van der Waals surface area contributed by atoms with Crippen LogP contribution in [0.25, 0.3) is 0 Å². The zero-order chi connectivity index (χ0) is 12.3. The van der Waals surface area contributed by atoms with Crippen LogP contribution in [0.15, 0.2) is 18.2 Å². The van der Waals surface area contributed by atoms with Crippen molar-refractivity contribution < 1.29 is 14.6 Å². The molecule has 0 atom stereocenters. The van der Waals surface area contributed by atoms with Crippen molar-refractivity contribution in [3.63, 3.8) is 0 Å². The van der Waals surface area contributed by atoms with Gasteiger partial charge >= 0.3 is 6.09 Å².